The van der Waals surface area contributed by atoms with E-state index in [0.29, 0.717) is 5.56 Å². The summed E-state index contributed by atoms with van der Waals surface area (Å²) in [5.41, 5.74) is -0.0232. The summed E-state index contributed by atoms with van der Waals surface area (Å²) < 4.78 is 42.6. The molecule has 0 atom stereocenters. The van der Waals surface area contributed by atoms with Crippen LogP contribution in [0, 0.1) is 17.1 Å². The fourth-order valence-electron chi connectivity index (χ4n) is 1.83. The molecule has 2 aromatic rings. The summed E-state index contributed by atoms with van der Waals surface area (Å²) in [5, 5.41) is 8.76. The molecule has 0 bridgehead atoms. The maximum Gasteiger partial charge on any atom is 0.339 e. The molecule has 124 valence electrons. The summed E-state index contributed by atoms with van der Waals surface area (Å²) in [7, 11) is -1.03. The molecule has 0 aliphatic carbocycles. The van der Waals surface area contributed by atoms with Gasteiger partial charge in [0.1, 0.15) is 22.5 Å². The van der Waals surface area contributed by atoms with Crippen molar-refractivity contribution < 1.29 is 21.8 Å². The molecule has 0 radical (unpaired) electrons. The van der Waals surface area contributed by atoms with Gasteiger partial charge in [0.15, 0.2) is 0 Å². The number of nitriles is 1. The molecule has 0 fully saturated rings. The Morgan fingerprint density at radius 2 is 1.79 bits per heavy atom. The molecule has 0 aliphatic rings. The van der Waals surface area contributed by atoms with Gasteiger partial charge in [-0.3, -0.25) is 4.79 Å². The van der Waals surface area contributed by atoms with Gasteiger partial charge in [0.25, 0.3) is 5.91 Å². The molecule has 0 unspecified atom stereocenters. The molecule has 0 aromatic heterocycles. The maximum atomic E-state index is 13.3. The lowest BCUT2D eigenvalue weighted by molar-refractivity contribution is 0.0827. The molecule has 24 heavy (non-hydrogen) atoms. The molecule has 0 heterocycles. The van der Waals surface area contributed by atoms with E-state index in [1.807, 2.05) is 0 Å². The van der Waals surface area contributed by atoms with E-state index >= 15 is 0 Å². The molecule has 0 spiro atoms. The summed E-state index contributed by atoms with van der Waals surface area (Å²) in [6, 6.07) is 9.89. The van der Waals surface area contributed by atoms with E-state index < -0.39 is 21.5 Å². The molecular formula is C16H13FN2O4S. The Morgan fingerprint density at radius 3 is 2.33 bits per heavy atom. The second kappa shape index (κ2) is 6.68. The summed E-state index contributed by atoms with van der Waals surface area (Å²) in [4.78, 5) is 12.8. The predicted molar refractivity (Wildman–Crippen MR) is 83.4 cm³/mol. The highest BCUT2D eigenvalue weighted by Crippen LogP contribution is 2.21. The molecule has 0 N–H and O–H groups in total. The molecule has 8 heteroatoms. The number of nitrogens with zero attached hydrogens (tertiary/aromatic N) is 2. The van der Waals surface area contributed by atoms with Crippen LogP contribution in [-0.2, 0) is 10.1 Å². The van der Waals surface area contributed by atoms with E-state index in [1.165, 1.54) is 29.2 Å². The molecule has 2 rings (SSSR count). The van der Waals surface area contributed by atoms with Gasteiger partial charge < -0.3 is 9.08 Å². The van der Waals surface area contributed by atoms with E-state index in [-0.39, 0.29) is 16.6 Å². The molecule has 0 saturated heterocycles. The zero-order chi connectivity index (χ0) is 17.9. The van der Waals surface area contributed by atoms with Crippen molar-refractivity contribution in [2.75, 3.05) is 14.1 Å². The highest BCUT2D eigenvalue weighted by Gasteiger charge is 2.19. The van der Waals surface area contributed by atoms with Crippen molar-refractivity contribution in [2.45, 2.75) is 4.90 Å². The minimum atomic E-state index is -4.23. The van der Waals surface area contributed by atoms with E-state index in [0.717, 1.165) is 18.2 Å². The number of halogens is 1. The Morgan fingerprint density at radius 1 is 1.17 bits per heavy atom. The normalized spacial score (nSPS) is 10.8. The molecule has 0 aliphatic heterocycles. The van der Waals surface area contributed by atoms with Gasteiger partial charge in [-0.25, -0.2) is 4.39 Å². The second-order valence-electron chi connectivity index (χ2n) is 5.01. The third kappa shape index (κ3) is 3.70. The zero-order valence-electron chi connectivity index (χ0n) is 12.9. The first kappa shape index (κ1) is 17.4. The largest absolute Gasteiger partial charge is 0.379 e. The third-order valence-electron chi connectivity index (χ3n) is 3.06. The van der Waals surface area contributed by atoms with Crippen molar-refractivity contribution in [3.05, 3.63) is 59.4 Å². The predicted octanol–water partition coefficient (Wildman–Crippen LogP) is 2.17. The Kier molecular flexibility index (Phi) is 4.85. The van der Waals surface area contributed by atoms with E-state index in [9.17, 15) is 17.6 Å². The number of carbonyl (C=O) groups is 1. The SMILES string of the molecule is CN(C)C(=O)c1ccc(OS(=O)(=O)c2ccc(F)c(C#N)c2)cc1. The quantitative estimate of drug-likeness (QED) is 0.790. The number of amides is 1. The Bertz CT molecular complexity index is 916. The van der Waals surface area contributed by atoms with Gasteiger partial charge in [-0.05, 0) is 42.5 Å². The minimum Gasteiger partial charge on any atom is -0.379 e. The van der Waals surface area contributed by atoms with Gasteiger partial charge in [-0.1, -0.05) is 0 Å². The van der Waals surface area contributed by atoms with Crippen LogP contribution in [-0.4, -0.2) is 33.3 Å². The number of carbonyl (C=O) groups excluding carboxylic acids is 1. The third-order valence-corrected chi connectivity index (χ3v) is 4.30. The van der Waals surface area contributed by atoms with Crippen molar-refractivity contribution >= 4 is 16.0 Å². The first-order valence-corrected chi connectivity index (χ1v) is 8.11. The summed E-state index contributed by atoms with van der Waals surface area (Å²) in [6.07, 6.45) is 0. The van der Waals surface area contributed by atoms with Crippen molar-refractivity contribution in [1.82, 2.24) is 4.90 Å². The number of rotatable bonds is 4. The highest BCUT2D eigenvalue weighted by atomic mass is 32.2. The monoisotopic (exact) mass is 348 g/mol. The van der Waals surface area contributed by atoms with Crippen molar-refractivity contribution in [3.63, 3.8) is 0 Å². The minimum absolute atomic E-state index is 0.00635. The van der Waals surface area contributed by atoms with Gasteiger partial charge >= 0.3 is 10.1 Å². The van der Waals surface area contributed by atoms with Gasteiger partial charge in [0, 0.05) is 19.7 Å². The standard InChI is InChI=1S/C16H13FN2O4S/c1-19(2)16(20)11-3-5-13(6-4-11)23-24(21,22)14-7-8-15(17)12(9-14)10-18/h3-9H,1-2H3. The van der Waals surface area contributed by atoms with E-state index in [2.05, 4.69) is 0 Å². The Labute approximate surface area is 138 Å². The van der Waals surface area contributed by atoms with E-state index in [1.54, 1.807) is 20.2 Å². The highest BCUT2D eigenvalue weighted by molar-refractivity contribution is 7.87. The lowest BCUT2D eigenvalue weighted by Gasteiger charge is -2.11. The molecular weight excluding hydrogens is 335 g/mol. The van der Waals surface area contributed by atoms with Gasteiger partial charge in [0.2, 0.25) is 0 Å². The Balaban J connectivity index is 2.27. The van der Waals surface area contributed by atoms with Gasteiger partial charge in [0.05, 0.1) is 5.56 Å². The van der Waals surface area contributed by atoms with Crippen molar-refractivity contribution in [3.8, 4) is 11.8 Å². The number of hydrogen-bond donors (Lipinski definition) is 0. The van der Waals surface area contributed by atoms with Gasteiger partial charge in [-0.15, -0.1) is 0 Å². The summed E-state index contributed by atoms with van der Waals surface area (Å²) in [5.74, 6) is -1.06. The lowest BCUT2D eigenvalue weighted by atomic mass is 10.2. The van der Waals surface area contributed by atoms with Crippen molar-refractivity contribution in [1.29, 1.82) is 5.26 Å². The first-order valence-electron chi connectivity index (χ1n) is 6.70. The fraction of sp³-hybridized carbons (Fsp3) is 0.125. The molecule has 0 saturated carbocycles. The van der Waals surface area contributed by atoms with E-state index in [4.69, 9.17) is 9.44 Å². The van der Waals surface area contributed by atoms with Crippen LogP contribution in [0.4, 0.5) is 4.39 Å². The van der Waals surface area contributed by atoms with Crippen LogP contribution in [0.25, 0.3) is 0 Å². The van der Waals surface area contributed by atoms with Crippen LogP contribution < -0.4 is 4.18 Å². The molecule has 2 aromatic carbocycles. The average molecular weight is 348 g/mol. The topological polar surface area (TPSA) is 87.5 Å². The summed E-state index contributed by atoms with van der Waals surface area (Å²) >= 11 is 0. The van der Waals surface area contributed by atoms with Crippen LogP contribution in [0.3, 0.4) is 0 Å². The average Bonchev–Trinajstić information content (AvgIpc) is 2.54. The fourth-order valence-corrected chi connectivity index (χ4v) is 2.79. The lowest BCUT2D eigenvalue weighted by Crippen LogP contribution is -2.21. The summed E-state index contributed by atoms with van der Waals surface area (Å²) in [6.45, 7) is 0. The van der Waals surface area contributed by atoms with Gasteiger partial charge in [-0.2, -0.15) is 13.7 Å². The van der Waals surface area contributed by atoms with Crippen LogP contribution >= 0.6 is 0 Å². The first-order chi connectivity index (χ1) is 11.2. The van der Waals surface area contributed by atoms with Crippen LogP contribution in [0.1, 0.15) is 15.9 Å². The molecule has 1 amide bonds. The smallest absolute Gasteiger partial charge is 0.339 e. The van der Waals surface area contributed by atoms with Crippen LogP contribution in [0.5, 0.6) is 5.75 Å². The van der Waals surface area contributed by atoms with Crippen molar-refractivity contribution in [2.24, 2.45) is 0 Å². The van der Waals surface area contributed by atoms with Crippen LogP contribution in [0.15, 0.2) is 47.4 Å². The maximum absolute atomic E-state index is 13.3. The zero-order valence-corrected chi connectivity index (χ0v) is 13.7. The number of hydrogen-bond acceptors (Lipinski definition) is 5. The molecule has 6 nitrogen and oxygen atoms in total. The van der Waals surface area contributed by atoms with Crippen LogP contribution in [0.2, 0.25) is 0 Å². The Hall–Kier alpha value is -2.92. The second-order valence-corrected chi connectivity index (χ2v) is 6.56. The number of benzene rings is 2.